The fraction of sp³-hybridized carbons (Fsp3) is 0.214. The van der Waals surface area contributed by atoms with Crippen molar-refractivity contribution in [1.29, 1.82) is 0 Å². The molecular formula is C14H14N2O3. The molecule has 0 aliphatic heterocycles. The molecular weight excluding hydrogens is 244 g/mol. The number of hydrogen-bond donors (Lipinski definition) is 1. The molecule has 98 valence electrons. The Morgan fingerprint density at radius 2 is 2.05 bits per heavy atom. The molecule has 0 amide bonds. The van der Waals surface area contributed by atoms with Gasteiger partial charge in [-0.15, -0.1) is 0 Å². The van der Waals surface area contributed by atoms with Crippen LogP contribution < -0.4 is 5.56 Å². The van der Waals surface area contributed by atoms with Gasteiger partial charge in [0.15, 0.2) is 0 Å². The van der Waals surface area contributed by atoms with E-state index in [1.807, 2.05) is 31.2 Å². The van der Waals surface area contributed by atoms with Crippen molar-refractivity contribution in [3.05, 3.63) is 52.1 Å². The quantitative estimate of drug-likeness (QED) is 0.907. The zero-order valence-electron chi connectivity index (χ0n) is 10.8. The molecule has 2 rings (SSSR count). The van der Waals surface area contributed by atoms with Crippen LogP contribution in [-0.2, 0) is 11.3 Å². The summed E-state index contributed by atoms with van der Waals surface area (Å²) < 4.78 is 1.14. The second kappa shape index (κ2) is 5.06. The summed E-state index contributed by atoms with van der Waals surface area (Å²) in [5.74, 6) is -0.665. The molecule has 0 spiro atoms. The Bertz CT molecular complexity index is 689. The van der Waals surface area contributed by atoms with Gasteiger partial charge in [-0.2, -0.15) is 0 Å². The van der Waals surface area contributed by atoms with Crippen molar-refractivity contribution < 1.29 is 9.90 Å². The standard InChI is InChI=1S/C14H14N2O3/c1-9-4-3-5-11(6-9)12-7-13(17)16(8-14(18)19)10(2)15-12/h3-7H,8H2,1-2H3,(H,18,19). The minimum absolute atomic E-state index is 0.355. The normalized spacial score (nSPS) is 10.4. The van der Waals surface area contributed by atoms with Crippen molar-refractivity contribution in [3.8, 4) is 11.3 Å². The Labute approximate surface area is 110 Å². The Morgan fingerprint density at radius 1 is 1.32 bits per heavy atom. The molecule has 1 aromatic heterocycles. The number of benzene rings is 1. The fourth-order valence-corrected chi connectivity index (χ4v) is 1.90. The van der Waals surface area contributed by atoms with Crippen LogP contribution in [0.5, 0.6) is 0 Å². The number of aliphatic carboxylic acids is 1. The lowest BCUT2D eigenvalue weighted by molar-refractivity contribution is -0.137. The van der Waals surface area contributed by atoms with Crippen LogP contribution in [0.1, 0.15) is 11.4 Å². The number of nitrogens with zero attached hydrogens (tertiary/aromatic N) is 2. The number of hydrogen-bond acceptors (Lipinski definition) is 3. The molecule has 5 heteroatoms. The molecule has 0 aliphatic rings. The van der Waals surface area contributed by atoms with Crippen molar-refractivity contribution in [1.82, 2.24) is 9.55 Å². The highest BCUT2D eigenvalue weighted by atomic mass is 16.4. The van der Waals surface area contributed by atoms with Gasteiger partial charge >= 0.3 is 5.97 Å². The van der Waals surface area contributed by atoms with Gasteiger partial charge in [0.2, 0.25) is 0 Å². The van der Waals surface area contributed by atoms with E-state index in [1.165, 1.54) is 6.07 Å². The van der Waals surface area contributed by atoms with Gasteiger partial charge in [0.25, 0.3) is 5.56 Å². The van der Waals surface area contributed by atoms with Crippen LogP contribution >= 0.6 is 0 Å². The van der Waals surface area contributed by atoms with Gasteiger partial charge in [-0.1, -0.05) is 23.8 Å². The molecule has 0 bridgehead atoms. The molecule has 1 N–H and O–H groups in total. The predicted octanol–water partition coefficient (Wildman–Crippen LogP) is 1.61. The molecule has 0 radical (unpaired) electrons. The lowest BCUT2D eigenvalue weighted by Crippen LogP contribution is -2.26. The van der Waals surface area contributed by atoms with Crippen molar-refractivity contribution in [2.24, 2.45) is 0 Å². The summed E-state index contributed by atoms with van der Waals surface area (Å²) in [6.07, 6.45) is 0. The maximum atomic E-state index is 11.9. The molecule has 0 aliphatic carbocycles. The summed E-state index contributed by atoms with van der Waals surface area (Å²) in [6, 6.07) is 9.02. The first-order valence-corrected chi connectivity index (χ1v) is 5.84. The molecule has 5 nitrogen and oxygen atoms in total. The van der Waals surface area contributed by atoms with Gasteiger partial charge in [0.1, 0.15) is 12.4 Å². The number of carboxylic acids is 1. The smallest absolute Gasteiger partial charge is 0.323 e. The van der Waals surface area contributed by atoms with E-state index in [0.717, 1.165) is 15.7 Å². The maximum Gasteiger partial charge on any atom is 0.323 e. The average Bonchev–Trinajstić information content (AvgIpc) is 2.33. The van der Waals surface area contributed by atoms with Crippen LogP contribution in [0, 0.1) is 13.8 Å². The molecule has 0 saturated carbocycles. The highest BCUT2D eigenvalue weighted by Gasteiger charge is 2.09. The van der Waals surface area contributed by atoms with Gasteiger partial charge in [-0.3, -0.25) is 14.2 Å². The van der Waals surface area contributed by atoms with Crippen molar-refractivity contribution in [3.63, 3.8) is 0 Å². The average molecular weight is 258 g/mol. The van der Waals surface area contributed by atoms with E-state index >= 15 is 0 Å². The molecule has 0 atom stereocenters. The molecule has 19 heavy (non-hydrogen) atoms. The number of aryl methyl sites for hydroxylation is 2. The lowest BCUT2D eigenvalue weighted by Gasteiger charge is -2.09. The van der Waals surface area contributed by atoms with Crippen LogP contribution in [0.4, 0.5) is 0 Å². The Hall–Kier alpha value is -2.43. The monoisotopic (exact) mass is 258 g/mol. The van der Waals surface area contributed by atoms with E-state index < -0.39 is 5.97 Å². The largest absolute Gasteiger partial charge is 0.480 e. The fourth-order valence-electron chi connectivity index (χ4n) is 1.90. The number of rotatable bonds is 3. The van der Waals surface area contributed by atoms with E-state index in [1.54, 1.807) is 6.92 Å². The topological polar surface area (TPSA) is 72.2 Å². The second-order valence-electron chi connectivity index (χ2n) is 4.38. The number of carboxylic acid groups (broad SMARTS) is 1. The third-order valence-electron chi connectivity index (χ3n) is 2.81. The van der Waals surface area contributed by atoms with Gasteiger partial charge in [-0.25, -0.2) is 4.98 Å². The van der Waals surface area contributed by atoms with Gasteiger partial charge in [0, 0.05) is 11.6 Å². The van der Waals surface area contributed by atoms with Crippen LogP contribution in [0.3, 0.4) is 0 Å². The molecule has 0 saturated heterocycles. The van der Waals surface area contributed by atoms with E-state index in [9.17, 15) is 9.59 Å². The first kappa shape index (κ1) is 13.0. The summed E-state index contributed by atoms with van der Waals surface area (Å²) >= 11 is 0. The summed E-state index contributed by atoms with van der Waals surface area (Å²) in [6.45, 7) is 3.22. The lowest BCUT2D eigenvalue weighted by atomic mass is 10.1. The van der Waals surface area contributed by atoms with Crippen LogP contribution in [0.2, 0.25) is 0 Å². The summed E-state index contributed by atoms with van der Waals surface area (Å²) in [5, 5.41) is 8.75. The third-order valence-corrected chi connectivity index (χ3v) is 2.81. The molecule has 0 unspecified atom stereocenters. The van der Waals surface area contributed by atoms with Crippen molar-refractivity contribution in [2.75, 3.05) is 0 Å². The van der Waals surface area contributed by atoms with E-state index in [-0.39, 0.29) is 12.1 Å². The van der Waals surface area contributed by atoms with E-state index in [2.05, 4.69) is 4.98 Å². The van der Waals surface area contributed by atoms with Crippen LogP contribution in [-0.4, -0.2) is 20.6 Å². The minimum Gasteiger partial charge on any atom is -0.480 e. The predicted molar refractivity (Wildman–Crippen MR) is 71.0 cm³/mol. The Kier molecular flexibility index (Phi) is 3.46. The summed E-state index contributed by atoms with van der Waals surface area (Å²) in [7, 11) is 0. The van der Waals surface area contributed by atoms with E-state index in [0.29, 0.717) is 11.5 Å². The minimum atomic E-state index is -1.06. The zero-order chi connectivity index (χ0) is 14.0. The first-order valence-electron chi connectivity index (χ1n) is 5.84. The Morgan fingerprint density at radius 3 is 2.63 bits per heavy atom. The maximum absolute atomic E-state index is 11.9. The molecule has 2 aromatic rings. The number of aromatic nitrogens is 2. The first-order chi connectivity index (χ1) is 8.97. The van der Waals surface area contributed by atoms with E-state index in [4.69, 9.17) is 5.11 Å². The third kappa shape index (κ3) is 2.88. The zero-order valence-corrected chi connectivity index (χ0v) is 10.8. The number of carbonyl (C=O) groups is 1. The van der Waals surface area contributed by atoms with Crippen molar-refractivity contribution in [2.45, 2.75) is 20.4 Å². The van der Waals surface area contributed by atoms with Crippen LogP contribution in [0.25, 0.3) is 11.3 Å². The van der Waals surface area contributed by atoms with Gasteiger partial charge < -0.3 is 5.11 Å². The summed E-state index contributed by atoms with van der Waals surface area (Å²) in [4.78, 5) is 26.9. The van der Waals surface area contributed by atoms with Crippen LogP contribution in [0.15, 0.2) is 35.1 Å². The molecule has 0 fully saturated rings. The highest BCUT2D eigenvalue weighted by molar-refractivity contribution is 5.66. The Balaban J connectivity index is 2.51. The molecule has 1 heterocycles. The highest BCUT2D eigenvalue weighted by Crippen LogP contribution is 2.16. The second-order valence-corrected chi connectivity index (χ2v) is 4.38. The van der Waals surface area contributed by atoms with Crippen molar-refractivity contribution >= 4 is 5.97 Å². The van der Waals surface area contributed by atoms with Gasteiger partial charge in [0.05, 0.1) is 5.69 Å². The SMILES string of the molecule is Cc1cccc(-c2cc(=O)n(CC(=O)O)c(C)n2)c1. The molecule has 1 aromatic carbocycles. The van der Waals surface area contributed by atoms with Gasteiger partial charge in [-0.05, 0) is 19.9 Å². The summed E-state index contributed by atoms with van der Waals surface area (Å²) in [5.41, 5.74) is 2.13.